The Bertz CT molecular complexity index is 861. The van der Waals surface area contributed by atoms with Gasteiger partial charge in [0.15, 0.2) is 0 Å². The predicted molar refractivity (Wildman–Crippen MR) is 123 cm³/mol. The van der Waals surface area contributed by atoms with Gasteiger partial charge in [-0.3, -0.25) is 19.4 Å². The Labute approximate surface area is 194 Å². The minimum absolute atomic E-state index is 0.163. The molecule has 0 aliphatic carbocycles. The van der Waals surface area contributed by atoms with Crippen molar-refractivity contribution in [3.05, 3.63) is 23.7 Å². The number of aromatic nitrogens is 3. The second-order valence-electron chi connectivity index (χ2n) is 8.43. The lowest BCUT2D eigenvalue weighted by Gasteiger charge is -2.19. The van der Waals surface area contributed by atoms with Gasteiger partial charge in [-0.1, -0.05) is 39.0 Å². The molecule has 1 aromatic rings. The van der Waals surface area contributed by atoms with E-state index in [0.29, 0.717) is 37.7 Å². The van der Waals surface area contributed by atoms with E-state index in [2.05, 4.69) is 31.3 Å². The summed E-state index contributed by atoms with van der Waals surface area (Å²) in [5, 5.41) is 16.8. The van der Waals surface area contributed by atoms with Gasteiger partial charge in [0.1, 0.15) is 18.3 Å². The minimum Gasteiger partial charge on any atom is -0.464 e. The van der Waals surface area contributed by atoms with Crippen LogP contribution in [-0.2, 0) is 32.2 Å². The summed E-state index contributed by atoms with van der Waals surface area (Å²) >= 11 is 0. The van der Waals surface area contributed by atoms with E-state index in [1.54, 1.807) is 30.9 Å². The Balaban J connectivity index is 1.78. The maximum atomic E-state index is 12.7. The van der Waals surface area contributed by atoms with Gasteiger partial charge in [0.05, 0.1) is 25.7 Å². The lowest BCUT2D eigenvalue weighted by molar-refractivity contribution is -0.143. The van der Waals surface area contributed by atoms with Gasteiger partial charge in [0.2, 0.25) is 11.8 Å². The Morgan fingerprint density at radius 3 is 2.64 bits per heavy atom. The number of nitrogens with one attached hydrogen (secondary N) is 3. The Morgan fingerprint density at radius 1 is 1.18 bits per heavy atom. The quantitative estimate of drug-likeness (QED) is 0.347. The van der Waals surface area contributed by atoms with E-state index in [4.69, 9.17) is 4.74 Å². The van der Waals surface area contributed by atoms with Crippen LogP contribution in [0.2, 0.25) is 0 Å². The van der Waals surface area contributed by atoms with Crippen molar-refractivity contribution in [1.82, 2.24) is 30.9 Å². The molecule has 1 aromatic heterocycles. The summed E-state index contributed by atoms with van der Waals surface area (Å²) in [6.07, 6.45) is 6.75. The summed E-state index contributed by atoms with van der Waals surface area (Å²) in [5.41, 5.74) is 1.34. The minimum atomic E-state index is -0.721. The smallest absolute Gasteiger partial charge is 0.307 e. The molecule has 33 heavy (non-hydrogen) atoms. The largest absolute Gasteiger partial charge is 0.464 e. The predicted octanol–water partition coefficient (Wildman–Crippen LogP) is 0.715. The lowest BCUT2D eigenvalue weighted by atomic mass is 10.1. The van der Waals surface area contributed by atoms with Crippen LogP contribution in [0.15, 0.2) is 23.0 Å². The molecule has 0 saturated carbocycles. The van der Waals surface area contributed by atoms with Crippen molar-refractivity contribution in [2.24, 2.45) is 10.9 Å². The molecule has 0 spiro atoms. The number of hydrogen-bond acceptors (Lipinski definition) is 8. The van der Waals surface area contributed by atoms with E-state index in [1.807, 2.05) is 19.9 Å². The molecule has 0 fully saturated rings. The molecular formula is C22H35N7O4. The van der Waals surface area contributed by atoms with Crippen molar-refractivity contribution in [3.8, 4) is 0 Å². The average molecular weight is 462 g/mol. The van der Waals surface area contributed by atoms with Crippen LogP contribution in [0.5, 0.6) is 0 Å². The second-order valence-corrected chi connectivity index (χ2v) is 8.43. The number of hydrogen-bond donors (Lipinski definition) is 3. The first-order valence-corrected chi connectivity index (χ1v) is 11.3. The molecule has 1 aliphatic rings. The molecule has 11 heteroatoms. The van der Waals surface area contributed by atoms with Gasteiger partial charge in [-0.25, -0.2) is 4.68 Å². The van der Waals surface area contributed by atoms with Crippen LogP contribution < -0.4 is 16.0 Å². The molecule has 1 atom stereocenters. The van der Waals surface area contributed by atoms with Crippen LogP contribution in [0.4, 0.5) is 0 Å². The first-order chi connectivity index (χ1) is 15.7. The first-order valence-electron chi connectivity index (χ1n) is 11.3. The number of ether oxygens (including phenoxy) is 1. The zero-order valence-electron chi connectivity index (χ0n) is 19.8. The fraction of sp³-hybridized carbons (Fsp3) is 0.636. The third kappa shape index (κ3) is 9.94. The summed E-state index contributed by atoms with van der Waals surface area (Å²) in [6.45, 7) is 8.87. The first kappa shape index (κ1) is 26.2. The topological polar surface area (TPSA) is 140 Å². The summed E-state index contributed by atoms with van der Waals surface area (Å²) in [4.78, 5) is 40.8. The lowest BCUT2D eigenvalue weighted by Crippen LogP contribution is -2.47. The molecule has 3 N–H and O–H groups in total. The van der Waals surface area contributed by atoms with Gasteiger partial charge in [-0.05, 0) is 0 Å². The molecule has 0 radical (unpaired) electrons. The van der Waals surface area contributed by atoms with Crippen molar-refractivity contribution in [3.63, 3.8) is 0 Å². The molecule has 0 bridgehead atoms. The standard InChI is InChI=1S/C22H35N7O4/c1-15(2)21(31)26-19(12-17-6-5-8-24-17)22(32)25-13-18-14-29(28-27-18)10-11-33-20(30)7-9-23-16(3)4/h6,8,14-16,19,23H,5,7,9-13H2,1-4H3,(H,25,32)(H,26,31). The van der Waals surface area contributed by atoms with Crippen LogP contribution >= 0.6 is 0 Å². The number of nitrogens with zero attached hydrogens (tertiary/aromatic N) is 4. The fourth-order valence-electron chi connectivity index (χ4n) is 2.92. The van der Waals surface area contributed by atoms with Crippen LogP contribution in [-0.4, -0.2) is 64.2 Å². The summed E-state index contributed by atoms with van der Waals surface area (Å²) in [6, 6.07) is -0.400. The van der Waals surface area contributed by atoms with Gasteiger partial charge in [0, 0.05) is 43.3 Å². The van der Waals surface area contributed by atoms with Gasteiger partial charge in [0.25, 0.3) is 0 Å². The maximum Gasteiger partial charge on any atom is 0.307 e. The average Bonchev–Trinajstić information content (AvgIpc) is 3.43. The number of rotatable bonds is 14. The van der Waals surface area contributed by atoms with Crippen molar-refractivity contribution in [1.29, 1.82) is 0 Å². The van der Waals surface area contributed by atoms with Crippen molar-refractivity contribution in [2.45, 2.75) is 72.1 Å². The maximum absolute atomic E-state index is 12.7. The highest BCUT2D eigenvalue weighted by Gasteiger charge is 2.24. The molecule has 2 rings (SSSR count). The molecule has 1 unspecified atom stereocenters. The van der Waals surface area contributed by atoms with Gasteiger partial charge in [-0.2, -0.15) is 0 Å². The number of aliphatic imine (C=N–C) groups is 1. The third-order valence-electron chi connectivity index (χ3n) is 4.78. The highest BCUT2D eigenvalue weighted by Crippen LogP contribution is 2.13. The number of allylic oxidation sites excluding steroid dienone is 1. The SMILES string of the molecule is CC(C)NCCC(=O)OCCn1cc(CNC(=O)C(CC2=CCC=N2)NC(=O)C(C)C)nn1. The zero-order chi connectivity index (χ0) is 24.2. The van der Waals surface area contributed by atoms with E-state index in [1.165, 1.54) is 0 Å². The normalized spacial score (nSPS) is 13.8. The monoisotopic (exact) mass is 461 g/mol. The molecule has 0 aromatic carbocycles. The Morgan fingerprint density at radius 2 is 1.97 bits per heavy atom. The second kappa shape index (κ2) is 13.5. The Kier molecular flexibility index (Phi) is 10.7. The van der Waals surface area contributed by atoms with Crippen molar-refractivity contribution in [2.75, 3.05) is 13.2 Å². The van der Waals surface area contributed by atoms with Crippen molar-refractivity contribution < 1.29 is 19.1 Å². The third-order valence-corrected chi connectivity index (χ3v) is 4.78. The molecule has 182 valence electrons. The van der Waals surface area contributed by atoms with Gasteiger partial charge in [-0.15, -0.1) is 5.10 Å². The van der Waals surface area contributed by atoms with E-state index in [9.17, 15) is 14.4 Å². The molecular weight excluding hydrogens is 426 g/mol. The molecule has 0 saturated heterocycles. The molecule has 11 nitrogen and oxygen atoms in total. The van der Waals surface area contributed by atoms with Crippen LogP contribution in [0, 0.1) is 5.92 Å². The van der Waals surface area contributed by atoms with Gasteiger partial charge >= 0.3 is 5.97 Å². The zero-order valence-corrected chi connectivity index (χ0v) is 19.8. The summed E-state index contributed by atoms with van der Waals surface area (Å²) in [7, 11) is 0. The molecule has 2 amide bonds. The van der Waals surface area contributed by atoms with Crippen LogP contribution in [0.1, 0.15) is 52.7 Å². The van der Waals surface area contributed by atoms with Crippen molar-refractivity contribution >= 4 is 24.0 Å². The number of amides is 2. The summed E-state index contributed by atoms with van der Waals surface area (Å²) in [5.74, 6) is -1.02. The summed E-state index contributed by atoms with van der Waals surface area (Å²) < 4.78 is 6.74. The van der Waals surface area contributed by atoms with Crippen LogP contribution in [0.25, 0.3) is 0 Å². The van der Waals surface area contributed by atoms with Crippen LogP contribution in [0.3, 0.4) is 0 Å². The highest BCUT2D eigenvalue weighted by atomic mass is 16.5. The number of esters is 1. The van der Waals surface area contributed by atoms with Gasteiger partial charge < -0.3 is 20.7 Å². The Hall–Kier alpha value is -3.08. The van der Waals surface area contributed by atoms with E-state index < -0.39 is 6.04 Å². The fourth-order valence-corrected chi connectivity index (χ4v) is 2.92. The number of carbonyl (C=O) groups excluding carboxylic acids is 3. The number of carbonyl (C=O) groups is 3. The molecule has 2 heterocycles. The molecule has 1 aliphatic heterocycles. The van der Waals surface area contributed by atoms with E-state index >= 15 is 0 Å². The van der Waals surface area contributed by atoms with E-state index in [0.717, 1.165) is 12.1 Å². The highest BCUT2D eigenvalue weighted by molar-refractivity contribution is 5.88. The van der Waals surface area contributed by atoms with E-state index in [-0.39, 0.29) is 36.9 Å².